The Hall–Kier alpha value is -1.30. The molecule has 3 heteroatoms. The van der Waals surface area contributed by atoms with Gasteiger partial charge < -0.3 is 0 Å². The molecule has 0 N–H and O–H groups in total. The second kappa shape index (κ2) is 4.57. The van der Waals surface area contributed by atoms with E-state index < -0.39 is 0 Å². The van der Waals surface area contributed by atoms with Crippen molar-refractivity contribution in [1.82, 2.24) is 9.78 Å². The van der Waals surface area contributed by atoms with Crippen LogP contribution in [0.4, 0.5) is 0 Å². The highest BCUT2D eigenvalue weighted by Gasteiger charge is 1.90. The zero-order valence-corrected chi connectivity index (χ0v) is 6.50. The van der Waals surface area contributed by atoms with Crippen molar-refractivity contribution in [3.63, 3.8) is 0 Å². The van der Waals surface area contributed by atoms with Crippen molar-refractivity contribution in [2.45, 2.75) is 13.8 Å². The summed E-state index contributed by atoms with van der Waals surface area (Å²) in [5.74, 6) is 0. The quantitative estimate of drug-likeness (QED) is 0.541. The minimum absolute atomic E-state index is 0.588. The summed E-state index contributed by atoms with van der Waals surface area (Å²) in [4.78, 5) is 0. The van der Waals surface area contributed by atoms with Crippen LogP contribution in [0.15, 0.2) is 12.3 Å². The number of nitrogens with zero attached hydrogens (tertiary/aromatic N) is 3. The summed E-state index contributed by atoms with van der Waals surface area (Å²) < 4.78 is 1.53. The Morgan fingerprint density at radius 1 is 1.60 bits per heavy atom. The summed E-state index contributed by atoms with van der Waals surface area (Å²) in [6, 6.07) is 3.64. The first-order chi connectivity index (χ1) is 4.84. The zero-order valence-electron chi connectivity index (χ0n) is 6.50. The lowest BCUT2D eigenvalue weighted by Crippen LogP contribution is -1.91. The highest BCUT2D eigenvalue weighted by molar-refractivity contribution is 5.17. The molecule has 0 bridgehead atoms. The molecule has 1 heterocycles. The van der Waals surface area contributed by atoms with E-state index in [1.54, 1.807) is 19.3 Å². The molecular weight excluding hydrogens is 126 g/mol. The average molecular weight is 137 g/mol. The lowest BCUT2D eigenvalue weighted by Gasteiger charge is -1.84. The fourth-order valence-electron chi connectivity index (χ4n) is 0.484. The number of aromatic nitrogens is 2. The Labute approximate surface area is 60.9 Å². The van der Waals surface area contributed by atoms with Gasteiger partial charge in [0.1, 0.15) is 11.8 Å². The van der Waals surface area contributed by atoms with E-state index >= 15 is 0 Å². The Morgan fingerprint density at radius 3 is 2.40 bits per heavy atom. The zero-order chi connectivity index (χ0) is 7.98. The average Bonchev–Trinajstić information content (AvgIpc) is 2.39. The highest BCUT2D eigenvalue weighted by Crippen LogP contribution is 1.89. The van der Waals surface area contributed by atoms with Gasteiger partial charge in [-0.25, -0.2) is 0 Å². The first-order valence-corrected chi connectivity index (χ1v) is 3.22. The van der Waals surface area contributed by atoms with Crippen LogP contribution in [0.2, 0.25) is 0 Å². The molecule has 0 spiro atoms. The second-order valence-corrected chi connectivity index (χ2v) is 1.45. The lowest BCUT2D eigenvalue weighted by molar-refractivity contribution is 0.756. The number of nitriles is 1. The molecule has 54 valence electrons. The van der Waals surface area contributed by atoms with Crippen LogP contribution in [0.1, 0.15) is 19.5 Å². The highest BCUT2D eigenvalue weighted by atomic mass is 15.2. The van der Waals surface area contributed by atoms with Crippen molar-refractivity contribution in [3.8, 4) is 6.07 Å². The Morgan fingerprint density at radius 2 is 2.20 bits per heavy atom. The van der Waals surface area contributed by atoms with Crippen LogP contribution in [-0.2, 0) is 7.05 Å². The van der Waals surface area contributed by atoms with Crippen molar-refractivity contribution in [2.24, 2.45) is 7.05 Å². The van der Waals surface area contributed by atoms with Crippen LogP contribution in [0.5, 0.6) is 0 Å². The third kappa shape index (κ3) is 1.90. The van der Waals surface area contributed by atoms with E-state index in [1.165, 1.54) is 4.68 Å². The predicted molar refractivity (Wildman–Crippen MR) is 39.3 cm³/mol. The maximum atomic E-state index is 8.30. The van der Waals surface area contributed by atoms with Gasteiger partial charge in [0.25, 0.3) is 0 Å². The van der Waals surface area contributed by atoms with Crippen LogP contribution < -0.4 is 0 Å². The van der Waals surface area contributed by atoms with Crippen LogP contribution >= 0.6 is 0 Å². The summed E-state index contributed by atoms with van der Waals surface area (Å²) in [5, 5.41) is 12.1. The maximum Gasteiger partial charge on any atom is 0.138 e. The summed E-state index contributed by atoms with van der Waals surface area (Å²) in [6.07, 6.45) is 1.60. The number of hydrogen-bond acceptors (Lipinski definition) is 2. The van der Waals surface area contributed by atoms with Crippen LogP contribution in [0, 0.1) is 11.3 Å². The molecule has 0 aromatic carbocycles. The van der Waals surface area contributed by atoms with Crippen molar-refractivity contribution in [2.75, 3.05) is 0 Å². The van der Waals surface area contributed by atoms with Crippen molar-refractivity contribution in [1.29, 1.82) is 5.26 Å². The summed E-state index contributed by atoms with van der Waals surface area (Å²) in [7, 11) is 1.73. The van der Waals surface area contributed by atoms with Gasteiger partial charge in [-0.3, -0.25) is 4.68 Å². The fourth-order valence-corrected chi connectivity index (χ4v) is 0.484. The fraction of sp³-hybridized carbons (Fsp3) is 0.429. The minimum atomic E-state index is 0.588. The second-order valence-electron chi connectivity index (χ2n) is 1.45. The first kappa shape index (κ1) is 8.70. The van der Waals surface area contributed by atoms with Crippen LogP contribution in [0.25, 0.3) is 0 Å². The van der Waals surface area contributed by atoms with Gasteiger partial charge in [0, 0.05) is 7.05 Å². The van der Waals surface area contributed by atoms with E-state index in [2.05, 4.69) is 5.10 Å². The number of hydrogen-bond donors (Lipinski definition) is 0. The van der Waals surface area contributed by atoms with Gasteiger partial charge in [-0.2, -0.15) is 10.4 Å². The molecule has 0 aliphatic rings. The molecule has 0 saturated heterocycles. The van der Waals surface area contributed by atoms with Crippen LogP contribution in [-0.4, -0.2) is 9.78 Å². The Kier molecular flexibility index (Phi) is 3.97. The molecule has 0 radical (unpaired) electrons. The monoisotopic (exact) mass is 137 g/mol. The van der Waals surface area contributed by atoms with E-state index in [4.69, 9.17) is 5.26 Å². The molecule has 0 unspecified atom stereocenters. The van der Waals surface area contributed by atoms with E-state index in [1.807, 2.05) is 19.9 Å². The molecule has 1 aromatic heterocycles. The molecule has 0 fully saturated rings. The van der Waals surface area contributed by atoms with Gasteiger partial charge in [-0.1, -0.05) is 13.8 Å². The summed E-state index contributed by atoms with van der Waals surface area (Å²) >= 11 is 0. The van der Waals surface area contributed by atoms with E-state index in [9.17, 15) is 0 Å². The van der Waals surface area contributed by atoms with Gasteiger partial charge in [0.2, 0.25) is 0 Å². The lowest BCUT2D eigenvalue weighted by atomic mass is 10.5. The van der Waals surface area contributed by atoms with E-state index in [-0.39, 0.29) is 0 Å². The maximum absolute atomic E-state index is 8.30. The SMILES string of the molecule is CC.Cn1nccc1C#N. The molecule has 0 saturated carbocycles. The smallest absolute Gasteiger partial charge is 0.138 e. The van der Waals surface area contributed by atoms with Gasteiger partial charge in [-0.15, -0.1) is 0 Å². The molecule has 1 aromatic rings. The Bertz CT molecular complexity index is 219. The molecule has 1 rings (SSSR count). The number of rotatable bonds is 0. The largest absolute Gasteiger partial charge is 0.258 e. The van der Waals surface area contributed by atoms with Crippen LogP contribution in [0.3, 0.4) is 0 Å². The number of aryl methyl sites for hydroxylation is 1. The third-order valence-corrected chi connectivity index (χ3v) is 0.935. The topological polar surface area (TPSA) is 41.6 Å². The van der Waals surface area contributed by atoms with Gasteiger partial charge in [0.05, 0.1) is 6.20 Å². The molecular formula is C7H11N3. The van der Waals surface area contributed by atoms with Crippen molar-refractivity contribution < 1.29 is 0 Å². The molecule has 10 heavy (non-hydrogen) atoms. The summed E-state index contributed by atoms with van der Waals surface area (Å²) in [6.45, 7) is 4.00. The first-order valence-electron chi connectivity index (χ1n) is 3.22. The normalized spacial score (nSPS) is 7.40. The third-order valence-electron chi connectivity index (χ3n) is 0.935. The van der Waals surface area contributed by atoms with Gasteiger partial charge in [-0.05, 0) is 6.07 Å². The molecule has 0 aliphatic heterocycles. The molecule has 0 aliphatic carbocycles. The van der Waals surface area contributed by atoms with E-state index in [0.717, 1.165) is 0 Å². The molecule has 3 nitrogen and oxygen atoms in total. The molecule has 0 atom stereocenters. The van der Waals surface area contributed by atoms with Gasteiger partial charge in [0.15, 0.2) is 0 Å². The van der Waals surface area contributed by atoms with Gasteiger partial charge >= 0.3 is 0 Å². The predicted octanol–water partition coefficient (Wildman–Crippen LogP) is 1.32. The summed E-state index contributed by atoms with van der Waals surface area (Å²) in [5.41, 5.74) is 0.588. The standard InChI is InChI=1S/C5H5N3.C2H6/c1-8-5(4-6)2-3-7-8;1-2/h2-3H,1H3;1-2H3. The van der Waals surface area contributed by atoms with E-state index in [0.29, 0.717) is 5.69 Å². The molecule has 0 amide bonds. The van der Waals surface area contributed by atoms with Crippen molar-refractivity contribution >= 4 is 0 Å². The Balaban J connectivity index is 0.000000371. The van der Waals surface area contributed by atoms with Crippen molar-refractivity contribution in [3.05, 3.63) is 18.0 Å². The minimum Gasteiger partial charge on any atom is -0.258 e.